The Morgan fingerprint density at radius 1 is 1.16 bits per heavy atom. The van der Waals surface area contributed by atoms with Gasteiger partial charge in [0.2, 0.25) is 0 Å². The number of hydrogen-bond donors (Lipinski definition) is 1. The van der Waals surface area contributed by atoms with Gasteiger partial charge in [-0.1, -0.05) is 26.2 Å². The first-order valence-corrected chi connectivity index (χ1v) is 7.49. The van der Waals surface area contributed by atoms with Gasteiger partial charge in [0.25, 0.3) is 0 Å². The Morgan fingerprint density at radius 2 is 1.79 bits per heavy atom. The molecule has 0 spiro atoms. The predicted molar refractivity (Wildman–Crippen MR) is 69.7 cm³/mol. The van der Waals surface area contributed by atoms with Gasteiger partial charge in [-0.15, -0.1) is 0 Å². The summed E-state index contributed by atoms with van der Waals surface area (Å²) in [6.45, 7) is 2.87. The fourth-order valence-electron chi connectivity index (χ4n) is 3.83. The van der Waals surface area contributed by atoms with Crippen molar-refractivity contribution in [1.82, 2.24) is 4.90 Å². The second-order valence-corrected chi connectivity index (χ2v) is 6.15. The molecule has 0 aromatic carbocycles. The molecule has 2 aliphatic rings. The first kappa shape index (κ1) is 15.1. The maximum absolute atomic E-state index is 13.2. The highest BCUT2D eigenvalue weighted by molar-refractivity contribution is 4.93. The normalized spacial score (nSPS) is 32.7. The van der Waals surface area contributed by atoms with Gasteiger partial charge in [0, 0.05) is 12.6 Å². The SMILES string of the molecule is CCC(N)C(N1CCC2CCCCC2C1)C(F)(F)F. The Kier molecular flexibility index (Phi) is 4.77. The standard InChI is InChI=1S/C14H25F3N2/c1-2-12(18)13(14(15,16)17)19-8-7-10-5-3-4-6-11(10)9-19/h10-13H,2-9,18H2,1H3. The molecule has 0 bridgehead atoms. The van der Waals surface area contributed by atoms with Gasteiger partial charge in [-0.25, -0.2) is 0 Å². The summed E-state index contributed by atoms with van der Waals surface area (Å²) < 4.78 is 39.7. The Balaban J connectivity index is 2.06. The average Bonchev–Trinajstić information content (AvgIpc) is 2.37. The van der Waals surface area contributed by atoms with Gasteiger partial charge >= 0.3 is 6.18 Å². The molecule has 2 fully saturated rings. The van der Waals surface area contributed by atoms with Crippen LogP contribution < -0.4 is 5.73 Å². The minimum absolute atomic E-state index is 0.370. The van der Waals surface area contributed by atoms with E-state index in [1.165, 1.54) is 19.3 Å². The van der Waals surface area contributed by atoms with Gasteiger partial charge in [0.05, 0.1) is 0 Å². The van der Waals surface area contributed by atoms with Crippen molar-refractivity contribution in [3.8, 4) is 0 Å². The topological polar surface area (TPSA) is 29.3 Å². The van der Waals surface area contributed by atoms with E-state index in [9.17, 15) is 13.2 Å². The van der Waals surface area contributed by atoms with Crippen molar-refractivity contribution in [2.24, 2.45) is 17.6 Å². The molecule has 1 heterocycles. The van der Waals surface area contributed by atoms with E-state index in [0.29, 0.717) is 31.3 Å². The minimum atomic E-state index is -4.21. The van der Waals surface area contributed by atoms with Crippen LogP contribution in [0.3, 0.4) is 0 Å². The van der Waals surface area contributed by atoms with E-state index in [2.05, 4.69) is 0 Å². The number of alkyl halides is 3. The zero-order valence-electron chi connectivity index (χ0n) is 11.6. The van der Waals surface area contributed by atoms with Crippen molar-refractivity contribution in [2.45, 2.75) is 63.7 Å². The molecule has 2 rings (SSSR count). The van der Waals surface area contributed by atoms with E-state index in [0.717, 1.165) is 12.8 Å². The smallest absolute Gasteiger partial charge is 0.326 e. The molecule has 1 saturated heterocycles. The Labute approximate surface area is 113 Å². The zero-order chi connectivity index (χ0) is 14.0. The number of rotatable bonds is 3. The summed E-state index contributed by atoms with van der Waals surface area (Å²) in [5, 5.41) is 0. The number of hydrogen-bond acceptors (Lipinski definition) is 2. The highest BCUT2D eigenvalue weighted by atomic mass is 19.4. The quantitative estimate of drug-likeness (QED) is 0.859. The number of nitrogens with two attached hydrogens (primary N) is 1. The molecule has 4 atom stereocenters. The van der Waals surface area contributed by atoms with E-state index in [4.69, 9.17) is 5.73 Å². The number of nitrogens with zero attached hydrogens (tertiary/aromatic N) is 1. The summed E-state index contributed by atoms with van der Waals surface area (Å²) in [4.78, 5) is 1.61. The van der Waals surface area contributed by atoms with E-state index in [1.807, 2.05) is 0 Å². The van der Waals surface area contributed by atoms with Crippen molar-refractivity contribution in [2.75, 3.05) is 13.1 Å². The van der Waals surface area contributed by atoms with Crippen molar-refractivity contribution in [3.63, 3.8) is 0 Å². The molecule has 1 aliphatic heterocycles. The molecule has 2 nitrogen and oxygen atoms in total. The molecular weight excluding hydrogens is 253 g/mol. The van der Waals surface area contributed by atoms with Gasteiger partial charge in [-0.3, -0.25) is 4.90 Å². The van der Waals surface area contributed by atoms with E-state index in [-0.39, 0.29) is 0 Å². The largest absolute Gasteiger partial charge is 0.405 e. The lowest BCUT2D eigenvalue weighted by molar-refractivity contribution is -0.196. The summed E-state index contributed by atoms with van der Waals surface area (Å²) in [7, 11) is 0. The van der Waals surface area contributed by atoms with Crippen LogP contribution in [0.15, 0.2) is 0 Å². The van der Waals surface area contributed by atoms with Crippen molar-refractivity contribution >= 4 is 0 Å². The molecule has 4 unspecified atom stereocenters. The molecule has 0 aromatic rings. The maximum Gasteiger partial charge on any atom is 0.405 e. The van der Waals surface area contributed by atoms with Crippen molar-refractivity contribution < 1.29 is 13.2 Å². The van der Waals surface area contributed by atoms with Crippen LogP contribution in [0.1, 0.15) is 45.4 Å². The van der Waals surface area contributed by atoms with Gasteiger partial charge in [0.15, 0.2) is 0 Å². The molecule has 1 aliphatic carbocycles. The number of fused-ring (bicyclic) bond motifs is 1. The fourth-order valence-corrected chi connectivity index (χ4v) is 3.83. The highest BCUT2D eigenvalue weighted by Crippen LogP contribution is 2.39. The van der Waals surface area contributed by atoms with Crippen LogP contribution in [0.4, 0.5) is 13.2 Å². The maximum atomic E-state index is 13.2. The summed E-state index contributed by atoms with van der Waals surface area (Å²) in [5.74, 6) is 1.10. The molecule has 0 radical (unpaired) electrons. The number of likely N-dealkylation sites (tertiary alicyclic amines) is 1. The molecule has 2 N–H and O–H groups in total. The van der Waals surface area contributed by atoms with Crippen molar-refractivity contribution in [1.29, 1.82) is 0 Å². The Bertz CT molecular complexity index is 293. The predicted octanol–water partition coefficient (Wildman–Crippen LogP) is 3.17. The van der Waals surface area contributed by atoms with Gasteiger partial charge in [-0.2, -0.15) is 13.2 Å². The third-order valence-corrected chi connectivity index (χ3v) is 4.93. The fraction of sp³-hybridized carbons (Fsp3) is 1.00. The Hall–Kier alpha value is -0.290. The third kappa shape index (κ3) is 3.43. The number of piperidine rings is 1. The van der Waals surface area contributed by atoms with Crippen LogP contribution >= 0.6 is 0 Å². The van der Waals surface area contributed by atoms with E-state index >= 15 is 0 Å². The summed E-state index contributed by atoms with van der Waals surface area (Å²) in [6.07, 6.45) is 1.78. The molecule has 1 saturated carbocycles. The van der Waals surface area contributed by atoms with E-state index < -0.39 is 18.3 Å². The molecular formula is C14H25F3N2. The molecule has 5 heteroatoms. The zero-order valence-corrected chi connectivity index (χ0v) is 11.6. The molecule has 0 aromatic heterocycles. The first-order valence-electron chi connectivity index (χ1n) is 7.49. The van der Waals surface area contributed by atoms with Crippen LogP contribution in [0.2, 0.25) is 0 Å². The minimum Gasteiger partial charge on any atom is -0.326 e. The van der Waals surface area contributed by atoms with Crippen LogP contribution in [0, 0.1) is 11.8 Å². The summed E-state index contributed by atoms with van der Waals surface area (Å²) in [5.41, 5.74) is 5.74. The number of halogens is 3. The lowest BCUT2D eigenvalue weighted by atomic mass is 9.74. The monoisotopic (exact) mass is 278 g/mol. The second kappa shape index (κ2) is 6.00. The molecule has 112 valence electrons. The van der Waals surface area contributed by atoms with Crippen LogP contribution in [-0.4, -0.2) is 36.2 Å². The average molecular weight is 278 g/mol. The van der Waals surface area contributed by atoms with Crippen LogP contribution in [-0.2, 0) is 0 Å². The lowest BCUT2D eigenvalue weighted by Crippen LogP contribution is -2.59. The Morgan fingerprint density at radius 3 is 2.37 bits per heavy atom. The third-order valence-electron chi connectivity index (χ3n) is 4.93. The summed E-state index contributed by atoms with van der Waals surface area (Å²) in [6, 6.07) is -2.26. The molecule has 0 amide bonds. The van der Waals surface area contributed by atoms with Crippen molar-refractivity contribution in [3.05, 3.63) is 0 Å². The molecule has 19 heavy (non-hydrogen) atoms. The van der Waals surface area contributed by atoms with Crippen LogP contribution in [0.25, 0.3) is 0 Å². The van der Waals surface area contributed by atoms with Gasteiger partial charge in [0.1, 0.15) is 6.04 Å². The highest BCUT2D eigenvalue weighted by Gasteiger charge is 2.48. The van der Waals surface area contributed by atoms with Gasteiger partial charge < -0.3 is 5.73 Å². The van der Waals surface area contributed by atoms with E-state index in [1.54, 1.807) is 11.8 Å². The lowest BCUT2D eigenvalue weighted by Gasteiger charge is -2.46. The van der Waals surface area contributed by atoms with Gasteiger partial charge in [-0.05, 0) is 37.6 Å². The summed E-state index contributed by atoms with van der Waals surface area (Å²) >= 11 is 0. The first-order chi connectivity index (χ1) is 8.93. The second-order valence-electron chi connectivity index (χ2n) is 6.15. The van der Waals surface area contributed by atoms with Crippen LogP contribution in [0.5, 0.6) is 0 Å².